The molecule has 0 radical (unpaired) electrons. The molecule has 92 valence electrons. The van der Waals surface area contributed by atoms with Crippen LogP contribution in [0.3, 0.4) is 0 Å². The smallest absolute Gasteiger partial charge is 0.260 e. The summed E-state index contributed by atoms with van der Waals surface area (Å²) in [6, 6.07) is 1.86. The summed E-state index contributed by atoms with van der Waals surface area (Å²) in [6.07, 6.45) is 5.23. The van der Waals surface area contributed by atoms with Gasteiger partial charge >= 0.3 is 0 Å². The Bertz CT molecular complexity index is 583. The van der Waals surface area contributed by atoms with Crippen molar-refractivity contribution < 1.29 is 4.79 Å². The van der Waals surface area contributed by atoms with Crippen LogP contribution in [0.15, 0.2) is 18.6 Å². The third kappa shape index (κ3) is 2.21. The Morgan fingerprint density at radius 3 is 2.94 bits per heavy atom. The zero-order valence-corrected chi connectivity index (χ0v) is 10.8. The van der Waals surface area contributed by atoms with Crippen LogP contribution in [-0.2, 0) is 0 Å². The second-order valence-corrected chi connectivity index (χ2v) is 5.18. The number of carbonyl (C=O) groups is 1. The predicted octanol–water partition coefficient (Wildman–Crippen LogP) is 2.72. The number of carbonyl (C=O) groups excluding carboxylic acids is 1. The van der Waals surface area contributed by atoms with Gasteiger partial charge in [-0.15, -0.1) is 0 Å². The fourth-order valence-electron chi connectivity index (χ4n) is 1.80. The van der Waals surface area contributed by atoms with Crippen LogP contribution >= 0.6 is 23.1 Å². The fourth-order valence-corrected chi connectivity index (χ4v) is 2.48. The summed E-state index contributed by atoms with van der Waals surface area (Å²) in [5.41, 5.74) is 1.42. The SMILES string of the molecule is O=C(Nc1ncns1)c1c(C2CC2)ccnc1Cl. The lowest BCUT2D eigenvalue weighted by atomic mass is 10.1. The van der Waals surface area contributed by atoms with E-state index in [1.54, 1.807) is 6.20 Å². The van der Waals surface area contributed by atoms with E-state index in [0.717, 1.165) is 29.9 Å². The second kappa shape index (κ2) is 4.62. The van der Waals surface area contributed by atoms with Crippen molar-refractivity contribution in [2.24, 2.45) is 0 Å². The average Bonchev–Trinajstić information content (AvgIpc) is 3.08. The molecule has 7 heteroatoms. The van der Waals surface area contributed by atoms with Gasteiger partial charge < -0.3 is 0 Å². The Kier molecular flexibility index (Phi) is 2.97. The Labute approximate surface area is 112 Å². The quantitative estimate of drug-likeness (QED) is 0.878. The zero-order valence-electron chi connectivity index (χ0n) is 9.26. The molecule has 1 aliphatic carbocycles. The molecule has 0 spiro atoms. The summed E-state index contributed by atoms with van der Waals surface area (Å²) in [4.78, 5) is 20.1. The van der Waals surface area contributed by atoms with E-state index in [1.165, 1.54) is 6.33 Å². The highest BCUT2D eigenvalue weighted by Gasteiger charge is 2.30. The number of hydrogen-bond acceptors (Lipinski definition) is 5. The van der Waals surface area contributed by atoms with Gasteiger partial charge in [-0.05, 0) is 30.4 Å². The van der Waals surface area contributed by atoms with E-state index < -0.39 is 0 Å². The molecule has 0 atom stereocenters. The van der Waals surface area contributed by atoms with Gasteiger partial charge in [0.05, 0.1) is 5.56 Å². The molecule has 0 unspecified atom stereocenters. The van der Waals surface area contributed by atoms with Crippen LogP contribution in [0.2, 0.25) is 5.15 Å². The molecule has 3 rings (SSSR count). The normalized spacial score (nSPS) is 14.5. The molecule has 2 heterocycles. The molecule has 18 heavy (non-hydrogen) atoms. The van der Waals surface area contributed by atoms with Gasteiger partial charge in [0.2, 0.25) is 5.13 Å². The first-order valence-corrected chi connectivity index (χ1v) is 6.63. The van der Waals surface area contributed by atoms with Gasteiger partial charge in [0.15, 0.2) is 0 Å². The van der Waals surface area contributed by atoms with Crippen molar-refractivity contribution in [3.05, 3.63) is 34.9 Å². The van der Waals surface area contributed by atoms with Crippen molar-refractivity contribution in [2.75, 3.05) is 5.32 Å². The summed E-state index contributed by atoms with van der Waals surface area (Å²) in [5.74, 6) is 0.160. The summed E-state index contributed by atoms with van der Waals surface area (Å²) >= 11 is 7.16. The Morgan fingerprint density at radius 1 is 1.44 bits per heavy atom. The number of anilines is 1. The maximum atomic E-state index is 12.2. The minimum absolute atomic E-state index is 0.237. The van der Waals surface area contributed by atoms with Crippen molar-refractivity contribution in [2.45, 2.75) is 18.8 Å². The first-order chi connectivity index (χ1) is 8.75. The van der Waals surface area contributed by atoms with E-state index in [-0.39, 0.29) is 11.1 Å². The van der Waals surface area contributed by atoms with Crippen LogP contribution in [0.25, 0.3) is 0 Å². The Hall–Kier alpha value is -1.53. The van der Waals surface area contributed by atoms with Gasteiger partial charge in [-0.25, -0.2) is 9.97 Å². The molecule has 0 aromatic carbocycles. The lowest BCUT2D eigenvalue weighted by molar-refractivity contribution is 0.102. The molecule has 0 saturated heterocycles. The molecular weight excluding hydrogens is 272 g/mol. The molecule has 5 nitrogen and oxygen atoms in total. The third-order valence-corrected chi connectivity index (χ3v) is 3.63. The summed E-state index contributed by atoms with van der Waals surface area (Å²) < 4.78 is 3.83. The number of rotatable bonds is 3. The molecule has 1 aliphatic rings. The number of halogens is 1. The summed E-state index contributed by atoms with van der Waals surface area (Å²) in [6.45, 7) is 0. The lowest BCUT2D eigenvalue weighted by Crippen LogP contribution is -2.15. The van der Waals surface area contributed by atoms with E-state index in [0.29, 0.717) is 16.6 Å². The van der Waals surface area contributed by atoms with Crippen LogP contribution in [-0.4, -0.2) is 20.2 Å². The molecule has 1 amide bonds. The van der Waals surface area contributed by atoms with Gasteiger partial charge in [0, 0.05) is 17.7 Å². The van der Waals surface area contributed by atoms with Crippen LogP contribution < -0.4 is 5.32 Å². The summed E-state index contributed by atoms with van der Waals surface area (Å²) in [5, 5.41) is 3.38. The van der Waals surface area contributed by atoms with Crippen molar-refractivity contribution in [3.63, 3.8) is 0 Å². The maximum absolute atomic E-state index is 12.2. The molecule has 2 aromatic heterocycles. The highest BCUT2D eigenvalue weighted by atomic mass is 35.5. The molecule has 0 aliphatic heterocycles. The number of nitrogens with zero attached hydrogens (tertiary/aromatic N) is 3. The van der Waals surface area contributed by atoms with Crippen LogP contribution in [0.5, 0.6) is 0 Å². The molecule has 1 saturated carbocycles. The predicted molar refractivity (Wildman–Crippen MR) is 69.1 cm³/mol. The minimum Gasteiger partial charge on any atom is -0.296 e. The van der Waals surface area contributed by atoms with Gasteiger partial charge in [-0.3, -0.25) is 10.1 Å². The van der Waals surface area contributed by atoms with Crippen molar-refractivity contribution >= 4 is 34.2 Å². The van der Waals surface area contributed by atoms with E-state index in [1.807, 2.05) is 6.07 Å². The largest absolute Gasteiger partial charge is 0.296 e. The van der Waals surface area contributed by atoms with Crippen LogP contribution in [0, 0.1) is 0 Å². The monoisotopic (exact) mass is 280 g/mol. The van der Waals surface area contributed by atoms with Gasteiger partial charge in [-0.1, -0.05) is 11.6 Å². The highest BCUT2D eigenvalue weighted by Crippen LogP contribution is 2.42. The van der Waals surface area contributed by atoms with Gasteiger partial charge in [0.1, 0.15) is 11.5 Å². The van der Waals surface area contributed by atoms with Crippen LogP contribution in [0.4, 0.5) is 5.13 Å². The minimum atomic E-state index is -0.272. The van der Waals surface area contributed by atoms with E-state index in [2.05, 4.69) is 19.7 Å². The topological polar surface area (TPSA) is 67.8 Å². The van der Waals surface area contributed by atoms with Crippen molar-refractivity contribution in [1.82, 2.24) is 14.3 Å². The van der Waals surface area contributed by atoms with Crippen molar-refractivity contribution in [3.8, 4) is 0 Å². The number of aromatic nitrogens is 3. The highest BCUT2D eigenvalue weighted by molar-refractivity contribution is 7.09. The van der Waals surface area contributed by atoms with Gasteiger partial charge in [0.25, 0.3) is 5.91 Å². The maximum Gasteiger partial charge on any atom is 0.260 e. The Balaban J connectivity index is 1.93. The first-order valence-electron chi connectivity index (χ1n) is 5.48. The van der Waals surface area contributed by atoms with Crippen molar-refractivity contribution in [1.29, 1.82) is 0 Å². The summed E-state index contributed by atoms with van der Waals surface area (Å²) in [7, 11) is 0. The lowest BCUT2D eigenvalue weighted by Gasteiger charge is -2.08. The second-order valence-electron chi connectivity index (χ2n) is 4.04. The Morgan fingerprint density at radius 2 is 2.28 bits per heavy atom. The fraction of sp³-hybridized carbons (Fsp3) is 0.273. The molecule has 0 bridgehead atoms. The van der Waals surface area contributed by atoms with E-state index >= 15 is 0 Å². The number of nitrogens with one attached hydrogen (secondary N) is 1. The molecule has 2 aromatic rings. The first kappa shape index (κ1) is 11.6. The third-order valence-electron chi connectivity index (χ3n) is 2.76. The number of amides is 1. The average molecular weight is 281 g/mol. The standard InChI is InChI=1S/C11H9ClN4OS/c12-9-8(7(3-4-13-9)6-1-2-6)10(17)16-11-14-5-15-18-11/h3-6H,1-2H2,(H,14,15,16,17). The zero-order chi connectivity index (χ0) is 12.5. The number of pyridine rings is 1. The molecule has 1 fully saturated rings. The van der Waals surface area contributed by atoms with Crippen LogP contribution in [0.1, 0.15) is 34.7 Å². The van der Waals surface area contributed by atoms with Gasteiger partial charge in [-0.2, -0.15) is 4.37 Å². The molecule has 1 N–H and O–H groups in total. The van der Waals surface area contributed by atoms with E-state index in [9.17, 15) is 4.79 Å². The van der Waals surface area contributed by atoms with E-state index in [4.69, 9.17) is 11.6 Å². The molecular formula is C11H9ClN4OS. The number of hydrogen-bond donors (Lipinski definition) is 1.